The summed E-state index contributed by atoms with van der Waals surface area (Å²) in [6.45, 7) is 0.199. The first-order valence-electron chi connectivity index (χ1n) is 9.69. The Bertz CT molecular complexity index is 1170. The number of benzene rings is 3. The fourth-order valence-electron chi connectivity index (χ4n) is 4.66. The Morgan fingerprint density at radius 3 is 2.79 bits per heavy atom. The Hall–Kier alpha value is -3.19. The molecule has 28 heavy (non-hydrogen) atoms. The number of nitrogens with zero attached hydrogens (tertiary/aromatic N) is 1. The molecule has 4 nitrogen and oxygen atoms in total. The maximum absolute atomic E-state index is 12.7. The number of Topliss-reactive ketones (excluding diaryl/α,β-unsaturated/α-hetero) is 1. The highest BCUT2D eigenvalue weighted by Gasteiger charge is 2.53. The number of hydrogen-bond donors (Lipinski definition) is 0. The average molecular weight is 369 g/mol. The molecule has 3 atom stereocenters. The molecule has 0 amide bonds. The summed E-state index contributed by atoms with van der Waals surface area (Å²) in [5, 5.41) is 13.3. The van der Waals surface area contributed by atoms with Gasteiger partial charge >= 0.3 is 5.97 Å². The Morgan fingerprint density at radius 1 is 1.11 bits per heavy atom. The van der Waals surface area contributed by atoms with E-state index < -0.39 is 0 Å². The molecule has 138 valence electrons. The lowest BCUT2D eigenvalue weighted by atomic mass is 9.88. The van der Waals surface area contributed by atoms with Gasteiger partial charge in [0.15, 0.2) is 0 Å². The summed E-state index contributed by atoms with van der Waals surface area (Å²) in [4.78, 5) is 24.5. The van der Waals surface area contributed by atoms with E-state index >= 15 is 0 Å². The predicted molar refractivity (Wildman–Crippen MR) is 105 cm³/mol. The average Bonchev–Trinajstić information content (AvgIpc) is 3.52. The van der Waals surface area contributed by atoms with Crippen molar-refractivity contribution in [3.8, 4) is 6.07 Å². The Labute approximate surface area is 162 Å². The second-order valence-corrected chi connectivity index (χ2v) is 7.85. The van der Waals surface area contributed by atoms with Crippen LogP contribution in [0, 0.1) is 29.1 Å². The summed E-state index contributed by atoms with van der Waals surface area (Å²) in [5.74, 6) is 0.261. The zero-order chi connectivity index (χ0) is 19.3. The zero-order valence-electron chi connectivity index (χ0n) is 15.4. The molecule has 2 fully saturated rings. The van der Waals surface area contributed by atoms with E-state index in [4.69, 9.17) is 4.74 Å². The van der Waals surface area contributed by atoms with Gasteiger partial charge in [0.25, 0.3) is 0 Å². The SMILES string of the molecule is N#Cc1ccc2c(COC(=O)C3CCC(=O)C4CC43)c3ccccc3cc2c1. The molecule has 3 unspecified atom stereocenters. The summed E-state index contributed by atoms with van der Waals surface area (Å²) < 4.78 is 5.76. The van der Waals surface area contributed by atoms with Crippen molar-refractivity contribution in [1.29, 1.82) is 5.26 Å². The van der Waals surface area contributed by atoms with E-state index in [0.29, 0.717) is 24.2 Å². The van der Waals surface area contributed by atoms with E-state index in [1.807, 2.05) is 36.4 Å². The third kappa shape index (κ3) is 2.75. The summed E-state index contributed by atoms with van der Waals surface area (Å²) in [6, 6.07) is 17.9. The van der Waals surface area contributed by atoms with Crippen molar-refractivity contribution in [3.63, 3.8) is 0 Å². The molecular weight excluding hydrogens is 350 g/mol. The highest BCUT2D eigenvalue weighted by molar-refractivity contribution is 6.02. The van der Waals surface area contributed by atoms with Gasteiger partial charge in [-0.15, -0.1) is 0 Å². The summed E-state index contributed by atoms with van der Waals surface area (Å²) >= 11 is 0. The fourth-order valence-corrected chi connectivity index (χ4v) is 4.66. The molecule has 0 heterocycles. The largest absolute Gasteiger partial charge is 0.461 e. The summed E-state index contributed by atoms with van der Waals surface area (Å²) in [6.07, 6.45) is 1.95. The highest BCUT2D eigenvalue weighted by atomic mass is 16.5. The number of nitriles is 1. The van der Waals surface area contributed by atoms with E-state index in [1.54, 1.807) is 6.07 Å². The number of ether oxygens (including phenoxy) is 1. The number of ketones is 1. The second kappa shape index (κ2) is 6.45. The summed E-state index contributed by atoms with van der Waals surface area (Å²) in [7, 11) is 0. The van der Waals surface area contributed by atoms with Crippen molar-refractivity contribution in [2.75, 3.05) is 0 Å². The van der Waals surface area contributed by atoms with Gasteiger partial charge < -0.3 is 4.74 Å². The van der Waals surface area contributed by atoms with E-state index in [0.717, 1.165) is 33.5 Å². The quantitative estimate of drug-likeness (QED) is 0.503. The smallest absolute Gasteiger partial charge is 0.309 e. The summed E-state index contributed by atoms with van der Waals surface area (Å²) in [5.41, 5.74) is 1.57. The Balaban J connectivity index is 1.48. The maximum atomic E-state index is 12.7. The van der Waals surface area contributed by atoms with Gasteiger partial charge in [-0.1, -0.05) is 30.3 Å². The van der Waals surface area contributed by atoms with Crippen molar-refractivity contribution >= 4 is 33.3 Å². The van der Waals surface area contributed by atoms with Crippen LogP contribution < -0.4 is 0 Å². The van der Waals surface area contributed by atoms with Crippen molar-refractivity contribution in [3.05, 3.63) is 59.7 Å². The van der Waals surface area contributed by atoms with E-state index in [-0.39, 0.29) is 30.3 Å². The minimum absolute atomic E-state index is 0.0917. The van der Waals surface area contributed by atoms with Gasteiger partial charge in [-0.25, -0.2) is 0 Å². The zero-order valence-corrected chi connectivity index (χ0v) is 15.4. The van der Waals surface area contributed by atoms with E-state index in [9.17, 15) is 14.9 Å². The standard InChI is InChI=1S/C24H19NO3/c25-12-14-5-6-18-16(9-14)10-15-3-1-2-4-17(15)22(18)13-28-24(27)19-7-8-23(26)21-11-20(19)21/h1-6,9-10,19-21H,7-8,11,13H2. The van der Waals surface area contributed by atoms with Gasteiger partial charge in [0, 0.05) is 17.9 Å². The topological polar surface area (TPSA) is 67.2 Å². The lowest BCUT2D eigenvalue weighted by molar-refractivity contribution is -0.152. The van der Waals surface area contributed by atoms with Crippen LogP contribution in [-0.2, 0) is 20.9 Å². The molecule has 2 aliphatic rings. The Kier molecular flexibility index (Phi) is 3.91. The highest BCUT2D eigenvalue weighted by Crippen LogP contribution is 2.51. The normalized spacial score (nSPS) is 23.2. The molecule has 0 radical (unpaired) electrons. The molecule has 2 saturated carbocycles. The number of rotatable bonds is 3. The molecule has 0 aromatic heterocycles. The molecule has 3 aromatic carbocycles. The monoisotopic (exact) mass is 369 g/mol. The second-order valence-electron chi connectivity index (χ2n) is 7.85. The molecule has 0 spiro atoms. The van der Waals surface area contributed by atoms with Gasteiger partial charge in [-0.05, 0) is 58.5 Å². The van der Waals surface area contributed by atoms with E-state index in [1.165, 1.54) is 0 Å². The minimum Gasteiger partial charge on any atom is -0.461 e. The van der Waals surface area contributed by atoms with Crippen LogP contribution in [0.3, 0.4) is 0 Å². The lowest BCUT2D eigenvalue weighted by Crippen LogP contribution is -2.26. The molecule has 3 aromatic rings. The number of hydrogen-bond acceptors (Lipinski definition) is 4. The molecule has 0 aliphatic heterocycles. The fraction of sp³-hybridized carbons (Fsp3) is 0.292. The van der Waals surface area contributed by atoms with Crippen molar-refractivity contribution < 1.29 is 14.3 Å². The van der Waals surface area contributed by atoms with E-state index in [2.05, 4.69) is 12.1 Å². The molecule has 0 N–H and O–H groups in total. The first-order chi connectivity index (χ1) is 13.7. The lowest BCUT2D eigenvalue weighted by Gasteiger charge is -2.20. The molecule has 0 saturated heterocycles. The van der Waals surface area contributed by atoms with Crippen LogP contribution in [0.2, 0.25) is 0 Å². The third-order valence-corrected chi connectivity index (χ3v) is 6.24. The van der Waals surface area contributed by atoms with Gasteiger partial charge in [-0.3, -0.25) is 9.59 Å². The molecule has 2 aliphatic carbocycles. The number of carbonyl (C=O) groups excluding carboxylic acids is 2. The van der Waals surface area contributed by atoms with Crippen molar-refractivity contribution in [2.45, 2.75) is 25.9 Å². The molecular formula is C24H19NO3. The van der Waals surface area contributed by atoms with Gasteiger partial charge in [-0.2, -0.15) is 5.26 Å². The third-order valence-electron chi connectivity index (χ3n) is 6.24. The van der Waals surface area contributed by atoms with Gasteiger partial charge in [0.1, 0.15) is 12.4 Å². The number of fused-ring (bicyclic) bond motifs is 3. The number of esters is 1. The first-order valence-corrected chi connectivity index (χ1v) is 9.69. The Morgan fingerprint density at radius 2 is 1.93 bits per heavy atom. The van der Waals surface area contributed by atoms with Crippen LogP contribution in [-0.4, -0.2) is 11.8 Å². The van der Waals surface area contributed by atoms with Crippen molar-refractivity contribution in [2.24, 2.45) is 17.8 Å². The van der Waals surface area contributed by atoms with Crippen LogP contribution in [0.25, 0.3) is 21.5 Å². The van der Waals surface area contributed by atoms with Crippen LogP contribution >= 0.6 is 0 Å². The van der Waals surface area contributed by atoms with Crippen LogP contribution in [0.15, 0.2) is 48.5 Å². The molecule has 5 rings (SSSR count). The van der Waals surface area contributed by atoms with Crippen LogP contribution in [0.1, 0.15) is 30.4 Å². The van der Waals surface area contributed by atoms with Gasteiger partial charge in [0.2, 0.25) is 0 Å². The van der Waals surface area contributed by atoms with Crippen LogP contribution in [0.4, 0.5) is 0 Å². The van der Waals surface area contributed by atoms with Gasteiger partial charge in [0.05, 0.1) is 17.6 Å². The maximum Gasteiger partial charge on any atom is 0.309 e. The molecule has 0 bridgehead atoms. The minimum atomic E-state index is -0.185. The number of carbonyl (C=O) groups is 2. The molecule has 4 heteroatoms. The first kappa shape index (κ1) is 16.9. The van der Waals surface area contributed by atoms with Crippen molar-refractivity contribution in [1.82, 2.24) is 0 Å². The predicted octanol–water partition coefficient (Wildman–Crippen LogP) is 4.52. The van der Waals surface area contributed by atoms with Crippen LogP contribution in [0.5, 0.6) is 0 Å².